The molecule has 3 nitrogen and oxygen atoms in total. The molecule has 1 heterocycles. The summed E-state index contributed by atoms with van der Waals surface area (Å²) in [7, 11) is 0. The quantitative estimate of drug-likeness (QED) is 0.402. The fourth-order valence-corrected chi connectivity index (χ4v) is 4.20. The second kappa shape index (κ2) is 7.72. The van der Waals surface area contributed by atoms with Crippen molar-refractivity contribution < 1.29 is 18.0 Å². The second-order valence-corrected chi connectivity index (χ2v) is 8.10. The summed E-state index contributed by atoms with van der Waals surface area (Å²) >= 11 is -0.131. The number of alkyl halides is 3. The Morgan fingerprint density at radius 1 is 1.10 bits per heavy atom. The molecular formula is C23H18F3N2OS. The van der Waals surface area contributed by atoms with Crippen molar-refractivity contribution in [2.75, 3.05) is 0 Å². The van der Waals surface area contributed by atoms with Gasteiger partial charge < -0.3 is 10.3 Å². The third-order valence-electron chi connectivity index (χ3n) is 5.03. The van der Waals surface area contributed by atoms with Crippen LogP contribution in [0.25, 0.3) is 21.8 Å². The zero-order valence-corrected chi connectivity index (χ0v) is 16.9. The minimum atomic E-state index is -4.31. The Morgan fingerprint density at radius 2 is 1.83 bits per heavy atom. The third-order valence-corrected chi connectivity index (χ3v) is 5.76. The molecule has 7 heteroatoms. The Balaban J connectivity index is 1.85. The van der Waals surface area contributed by atoms with Crippen LogP contribution in [0.2, 0.25) is 0 Å². The van der Waals surface area contributed by atoms with E-state index >= 15 is 0 Å². The van der Waals surface area contributed by atoms with Gasteiger partial charge >= 0.3 is 5.51 Å². The first kappa shape index (κ1) is 20.3. The number of thioether (sulfide) groups is 1. The maximum atomic E-state index is 12.6. The highest BCUT2D eigenvalue weighted by atomic mass is 32.2. The van der Waals surface area contributed by atoms with E-state index < -0.39 is 11.4 Å². The van der Waals surface area contributed by atoms with Crippen molar-refractivity contribution in [3.63, 3.8) is 0 Å². The minimum absolute atomic E-state index is 0.131. The molecule has 153 valence electrons. The summed E-state index contributed by atoms with van der Waals surface area (Å²) in [4.78, 5) is 12.2. The zero-order valence-electron chi connectivity index (χ0n) is 16.1. The molecule has 0 spiro atoms. The number of fused-ring (bicyclic) bond motifs is 3. The van der Waals surface area contributed by atoms with Gasteiger partial charge in [-0.25, -0.2) is 0 Å². The van der Waals surface area contributed by atoms with Gasteiger partial charge in [0.05, 0.1) is 11.0 Å². The molecule has 0 atom stereocenters. The van der Waals surface area contributed by atoms with Crippen LogP contribution in [0.4, 0.5) is 13.2 Å². The van der Waals surface area contributed by atoms with E-state index in [4.69, 9.17) is 5.73 Å². The summed E-state index contributed by atoms with van der Waals surface area (Å²) in [6, 6.07) is 19.0. The van der Waals surface area contributed by atoms with Gasteiger partial charge in [0.1, 0.15) is 0 Å². The van der Waals surface area contributed by atoms with Crippen LogP contribution in [0.15, 0.2) is 59.5 Å². The predicted octanol–water partition coefficient (Wildman–Crippen LogP) is 5.92. The highest BCUT2D eigenvalue weighted by Crippen LogP contribution is 2.37. The number of aryl methyl sites for hydroxylation is 1. The summed E-state index contributed by atoms with van der Waals surface area (Å²) in [5.41, 5.74) is 5.41. The monoisotopic (exact) mass is 427 g/mol. The van der Waals surface area contributed by atoms with Crippen molar-refractivity contribution in [2.24, 2.45) is 5.73 Å². The van der Waals surface area contributed by atoms with E-state index in [-0.39, 0.29) is 16.7 Å². The highest BCUT2D eigenvalue weighted by Gasteiger charge is 2.29. The second-order valence-electron chi connectivity index (χ2n) is 6.96. The molecular weight excluding hydrogens is 409 g/mol. The fraction of sp³-hybridized carbons (Fsp3) is 0.174. The number of benzene rings is 3. The average Bonchev–Trinajstić information content (AvgIpc) is 3.01. The Hall–Kier alpha value is -2.93. The number of rotatable bonds is 5. The number of nitrogens with two attached hydrogens (primary N) is 1. The number of hydrogen-bond donors (Lipinski definition) is 1. The molecule has 0 aliphatic carbocycles. The van der Waals surface area contributed by atoms with Crippen LogP contribution in [-0.4, -0.2) is 16.0 Å². The summed E-state index contributed by atoms with van der Waals surface area (Å²) in [6.07, 6.45) is 0.833. The number of carbonyl (C=O) groups is 1. The van der Waals surface area contributed by atoms with Gasteiger partial charge in [-0.1, -0.05) is 31.2 Å². The molecule has 4 aromatic rings. The van der Waals surface area contributed by atoms with E-state index in [1.165, 1.54) is 12.1 Å². The van der Waals surface area contributed by atoms with Gasteiger partial charge in [0.2, 0.25) is 5.91 Å². The van der Waals surface area contributed by atoms with Gasteiger partial charge in [-0.15, -0.1) is 0 Å². The molecule has 30 heavy (non-hydrogen) atoms. The van der Waals surface area contributed by atoms with Gasteiger partial charge in [-0.3, -0.25) is 4.79 Å². The van der Waals surface area contributed by atoms with E-state index in [1.54, 1.807) is 24.3 Å². The molecule has 2 N–H and O–H groups in total. The summed E-state index contributed by atoms with van der Waals surface area (Å²) < 4.78 is 39.8. The molecule has 3 aromatic carbocycles. The standard InChI is InChI=1S/C23H18F3N2OS/c1-2-14-8-11-17-20(12-14)28(19-5-3-4-18(21(17)19)22(27)29)13-15-6-9-16(10-7-15)30-23(24,25)26/h3-10,12H,2,13H2,1H3,(H2,27,29). The lowest BCUT2D eigenvalue weighted by Crippen LogP contribution is -2.11. The average molecular weight is 427 g/mol. The lowest BCUT2D eigenvalue weighted by molar-refractivity contribution is -0.0328. The van der Waals surface area contributed by atoms with Crippen LogP contribution in [0.3, 0.4) is 0 Å². The topological polar surface area (TPSA) is 48.0 Å². The largest absolute Gasteiger partial charge is 0.446 e. The van der Waals surface area contributed by atoms with E-state index in [0.717, 1.165) is 39.4 Å². The normalized spacial score (nSPS) is 12.0. The van der Waals surface area contributed by atoms with Crippen LogP contribution in [-0.2, 0) is 13.0 Å². The third kappa shape index (κ3) is 3.89. The lowest BCUT2D eigenvalue weighted by Gasteiger charge is -2.10. The molecule has 1 aromatic heterocycles. The highest BCUT2D eigenvalue weighted by molar-refractivity contribution is 8.00. The SMILES string of the molecule is CCc1c[c]c2c3c(C(N)=O)cccc3n(Cc3ccc(SC(F)(F)F)cc3)c2c1. The van der Waals surface area contributed by atoms with Gasteiger partial charge in [0.15, 0.2) is 0 Å². The van der Waals surface area contributed by atoms with Crippen molar-refractivity contribution in [1.82, 2.24) is 4.57 Å². The molecule has 0 aliphatic rings. The van der Waals surface area contributed by atoms with E-state index in [0.29, 0.717) is 12.1 Å². The lowest BCUT2D eigenvalue weighted by atomic mass is 10.0. The van der Waals surface area contributed by atoms with Crippen LogP contribution >= 0.6 is 11.8 Å². The van der Waals surface area contributed by atoms with Gasteiger partial charge in [-0.2, -0.15) is 13.2 Å². The first-order valence-electron chi connectivity index (χ1n) is 9.37. The first-order chi connectivity index (χ1) is 14.3. The maximum absolute atomic E-state index is 12.6. The summed E-state index contributed by atoms with van der Waals surface area (Å²) in [6.45, 7) is 2.49. The molecule has 4 rings (SSSR count). The zero-order chi connectivity index (χ0) is 21.5. The van der Waals surface area contributed by atoms with E-state index in [9.17, 15) is 18.0 Å². The molecule has 1 radical (unpaired) electrons. The summed E-state index contributed by atoms with van der Waals surface area (Å²) in [5, 5.41) is 1.55. The molecule has 0 saturated carbocycles. The number of primary amides is 1. The van der Waals surface area contributed by atoms with Crippen molar-refractivity contribution in [3.05, 3.63) is 77.4 Å². The molecule has 0 bridgehead atoms. The fourth-order valence-electron chi connectivity index (χ4n) is 3.66. The first-order valence-corrected chi connectivity index (χ1v) is 10.2. The maximum Gasteiger partial charge on any atom is 0.446 e. The van der Waals surface area contributed by atoms with Crippen molar-refractivity contribution in [1.29, 1.82) is 0 Å². The predicted molar refractivity (Wildman–Crippen MR) is 114 cm³/mol. The van der Waals surface area contributed by atoms with Crippen LogP contribution in [0, 0.1) is 6.07 Å². The molecule has 1 amide bonds. The molecule has 0 unspecified atom stereocenters. The van der Waals surface area contributed by atoms with E-state index in [1.807, 2.05) is 19.1 Å². The number of amides is 1. The van der Waals surface area contributed by atoms with Crippen molar-refractivity contribution in [2.45, 2.75) is 30.3 Å². The number of halogens is 3. The van der Waals surface area contributed by atoms with Gasteiger partial charge in [-0.05, 0) is 65.7 Å². The smallest absolute Gasteiger partial charge is 0.366 e. The Labute approximate surface area is 175 Å². The number of aromatic nitrogens is 1. The van der Waals surface area contributed by atoms with Gasteiger partial charge in [0, 0.05) is 27.8 Å². The number of nitrogens with zero attached hydrogens (tertiary/aromatic N) is 1. The molecule has 0 saturated heterocycles. The van der Waals surface area contributed by atoms with Crippen LogP contribution in [0.5, 0.6) is 0 Å². The summed E-state index contributed by atoms with van der Waals surface area (Å²) in [5.74, 6) is -0.513. The number of carbonyl (C=O) groups excluding carboxylic acids is 1. The van der Waals surface area contributed by atoms with Crippen molar-refractivity contribution >= 4 is 39.5 Å². The number of hydrogen-bond acceptors (Lipinski definition) is 2. The van der Waals surface area contributed by atoms with E-state index in [2.05, 4.69) is 16.7 Å². The molecule has 0 aliphatic heterocycles. The van der Waals surface area contributed by atoms with Crippen LogP contribution in [0.1, 0.15) is 28.4 Å². The van der Waals surface area contributed by atoms with Crippen LogP contribution < -0.4 is 5.73 Å². The van der Waals surface area contributed by atoms with Gasteiger partial charge in [0.25, 0.3) is 0 Å². The Kier molecular flexibility index (Phi) is 5.24. The Morgan fingerprint density at radius 3 is 2.47 bits per heavy atom. The Bertz CT molecular complexity index is 1240. The molecule has 0 fully saturated rings. The minimum Gasteiger partial charge on any atom is -0.366 e. The van der Waals surface area contributed by atoms with Crippen molar-refractivity contribution in [3.8, 4) is 0 Å².